The van der Waals surface area contributed by atoms with Crippen LogP contribution < -0.4 is 0 Å². The van der Waals surface area contributed by atoms with Crippen LogP contribution in [-0.4, -0.2) is 0 Å². The van der Waals surface area contributed by atoms with Gasteiger partial charge in [-0.1, -0.05) is 20.3 Å². The van der Waals surface area contributed by atoms with E-state index in [0.717, 1.165) is 17.3 Å². The molecule has 0 heteroatoms. The molecule has 3 saturated carbocycles. The Balaban J connectivity index is 2.12. The van der Waals surface area contributed by atoms with Crippen LogP contribution >= 0.6 is 0 Å². The van der Waals surface area contributed by atoms with E-state index in [-0.39, 0.29) is 0 Å². The lowest BCUT2D eigenvalue weighted by molar-refractivity contribution is 0.0162. The second-order valence-electron chi connectivity index (χ2n) is 4.87. The molecule has 3 fully saturated rings. The van der Waals surface area contributed by atoms with Crippen LogP contribution in [0.25, 0.3) is 0 Å². The topological polar surface area (TPSA) is 0 Å². The number of hydrogen-bond donors (Lipinski definition) is 0. The van der Waals surface area contributed by atoms with Gasteiger partial charge in [-0.25, -0.2) is 0 Å². The maximum absolute atomic E-state index is 2.47. The summed E-state index contributed by atoms with van der Waals surface area (Å²) in [6.45, 7) is 4.85. The molecule has 0 aliphatic heterocycles. The first-order chi connectivity index (χ1) is 5.26. The molecule has 0 saturated heterocycles. The lowest BCUT2D eigenvalue weighted by atomic mass is 9.56. The fourth-order valence-electron chi connectivity index (χ4n) is 3.37. The van der Waals surface area contributed by atoms with Gasteiger partial charge in [0.15, 0.2) is 0 Å². The molecule has 0 spiro atoms. The van der Waals surface area contributed by atoms with Crippen molar-refractivity contribution in [3.8, 4) is 0 Å². The SMILES string of the molecule is CCC12CCC(CC1)C(C)C2. The molecule has 0 aromatic carbocycles. The molecule has 0 radical (unpaired) electrons. The second kappa shape index (κ2) is 2.50. The van der Waals surface area contributed by atoms with Crippen LogP contribution in [0.4, 0.5) is 0 Å². The number of fused-ring (bicyclic) bond motifs is 3. The van der Waals surface area contributed by atoms with Gasteiger partial charge < -0.3 is 0 Å². The minimum atomic E-state index is 0.800. The average Bonchev–Trinajstić information content (AvgIpc) is 2.06. The molecule has 1 unspecified atom stereocenters. The molecule has 2 bridgehead atoms. The highest BCUT2D eigenvalue weighted by Crippen LogP contribution is 2.54. The van der Waals surface area contributed by atoms with E-state index >= 15 is 0 Å². The lowest BCUT2D eigenvalue weighted by Crippen LogP contribution is -2.38. The molecule has 0 heterocycles. The number of hydrogen-bond acceptors (Lipinski definition) is 0. The second-order valence-corrected chi connectivity index (χ2v) is 4.87. The van der Waals surface area contributed by atoms with Gasteiger partial charge in [-0.05, 0) is 49.4 Å². The van der Waals surface area contributed by atoms with E-state index in [2.05, 4.69) is 13.8 Å². The average molecular weight is 152 g/mol. The van der Waals surface area contributed by atoms with Crippen LogP contribution in [-0.2, 0) is 0 Å². The quantitative estimate of drug-likeness (QED) is 0.538. The summed E-state index contributed by atoms with van der Waals surface area (Å²) in [5.74, 6) is 2.14. The van der Waals surface area contributed by atoms with E-state index in [9.17, 15) is 0 Å². The molecule has 3 aliphatic rings. The van der Waals surface area contributed by atoms with E-state index < -0.39 is 0 Å². The van der Waals surface area contributed by atoms with E-state index in [0.29, 0.717) is 0 Å². The Bertz CT molecular complexity index is 140. The molecule has 0 nitrogen and oxygen atoms in total. The third-order valence-electron chi connectivity index (χ3n) is 4.40. The van der Waals surface area contributed by atoms with E-state index in [1.165, 1.54) is 25.7 Å². The summed E-state index contributed by atoms with van der Waals surface area (Å²) in [4.78, 5) is 0. The predicted octanol–water partition coefficient (Wildman–Crippen LogP) is 3.61. The molecule has 0 N–H and O–H groups in total. The molecule has 1 atom stereocenters. The Morgan fingerprint density at radius 3 is 2.27 bits per heavy atom. The van der Waals surface area contributed by atoms with Crippen LogP contribution in [0.5, 0.6) is 0 Å². The summed E-state index contributed by atoms with van der Waals surface area (Å²) in [6, 6.07) is 0. The van der Waals surface area contributed by atoms with Crippen molar-refractivity contribution >= 4 is 0 Å². The van der Waals surface area contributed by atoms with Crippen molar-refractivity contribution in [2.75, 3.05) is 0 Å². The predicted molar refractivity (Wildman–Crippen MR) is 48.5 cm³/mol. The molecule has 3 rings (SSSR count). The normalized spacial score (nSPS) is 49.6. The standard InChI is InChI=1S/C11H20/c1-3-11-6-4-10(5-7-11)9(2)8-11/h9-10H,3-8H2,1-2H3. The van der Waals surface area contributed by atoms with Crippen LogP contribution in [0.3, 0.4) is 0 Å². The van der Waals surface area contributed by atoms with Gasteiger partial charge in [-0.15, -0.1) is 0 Å². The van der Waals surface area contributed by atoms with Gasteiger partial charge in [-0.3, -0.25) is 0 Å². The van der Waals surface area contributed by atoms with Crippen molar-refractivity contribution in [2.45, 2.75) is 52.4 Å². The summed E-state index contributed by atoms with van der Waals surface area (Å²) in [7, 11) is 0. The Kier molecular flexibility index (Phi) is 1.74. The molecule has 0 aromatic heterocycles. The Hall–Kier alpha value is 0. The number of rotatable bonds is 1. The first-order valence-corrected chi connectivity index (χ1v) is 5.26. The van der Waals surface area contributed by atoms with Crippen molar-refractivity contribution in [3.63, 3.8) is 0 Å². The third-order valence-corrected chi connectivity index (χ3v) is 4.40. The zero-order valence-electron chi connectivity index (χ0n) is 7.90. The fraction of sp³-hybridized carbons (Fsp3) is 1.00. The van der Waals surface area contributed by atoms with Crippen molar-refractivity contribution in [2.24, 2.45) is 17.3 Å². The summed E-state index contributed by atoms with van der Waals surface area (Å²) in [5.41, 5.74) is 0.800. The van der Waals surface area contributed by atoms with Gasteiger partial charge in [0.2, 0.25) is 0 Å². The highest BCUT2D eigenvalue weighted by molar-refractivity contribution is 4.93. The summed E-state index contributed by atoms with van der Waals surface area (Å²) in [6.07, 6.45) is 9.12. The summed E-state index contributed by atoms with van der Waals surface area (Å²) in [5, 5.41) is 0. The maximum atomic E-state index is 2.47. The zero-order valence-corrected chi connectivity index (χ0v) is 7.90. The first kappa shape index (κ1) is 7.64. The summed E-state index contributed by atoms with van der Waals surface area (Å²) < 4.78 is 0. The van der Waals surface area contributed by atoms with Gasteiger partial charge in [0, 0.05) is 0 Å². The molecule has 0 aromatic rings. The van der Waals surface area contributed by atoms with E-state index in [1.54, 1.807) is 12.8 Å². The van der Waals surface area contributed by atoms with Crippen LogP contribution in [0.1, 0.15) is 52.4 Å². The van der Waals surface area contributed by atoms with Crippen LogP contribution in [0.2, 0.25) is 0 Å². The molecule has 64 valence electrons. The lowest BCUT2D eigenvalue weighted by Gasteiger charge is -2.50. The summed E-state index contributed by atoms with van der Waals surface area (Å²) >= 11 is 0. The molecule has 3 aliphatic carbocycles. The van der Waals surface area contributed by atoms with Crippen molar-refractivity contribution in [1.29, 1.82) is 0 Å². The molecule has 11 heavy (non-hydrogen) atoms. The molecular weight excluding hydrogens is 132 g/mol. The van der Waals surface area contributed by atoms with Gasteiger partial charge in [0.25, 0.3) is 0 Å². The van der Waals surface area contributed by atoms with E-state index in [4.69, 9.17) is 0 Å². The van der Waals surface area contributed by atoms with Gasteiger partial charge >= 0.3 is 0 Å². The van der Waals surface area contributed by atoms with Gasteiger partial charge in [0.1, 0.15) is 0 Å². The van der Waals surface area contributed by atoms with Gasteiger partial charge in [0.05, 0.1) is 0 Å². The Morgan fingerprint density at radius 1 is 1.27 bits per heavy atom. The molecule has 0 amide bonds. The van der Waals surface area contributed by atoms with Crippen molar-refractivity contribution < 1.29 is 0 Å². The van der Waals surface area contributed by atoms with Crippen LogP contribution in [0.15, 0.2) is 0 Å². The van der Waals surface area contributed by atoms with Gasteiger partial charge in [-0.2, -0.15) is 0 Å². The molecular formula is C11H20. The highest BCUT2D eigenvalue weighted by Gasteiger charge is 2.42. The first-order valence-electron chi connectivity index (χ1n) is 5.26. The maximum Gasteiger partial charge on any atom is -0.0297 e. The third kappa shape index (κ3) is 1.11. The van der Waals surface area contributed by atoms with Crippen molar-refractivity contribution in [1.82, 2.24) is 0 Å². The Labute approximate surface area is 70.4 Å². The fourth-order valence-corrected chi connectivity index (χ4v) is 3.37. The zero-order chi connectivity index (χ0) is 7.90. The monoisotopic (exact) mass is 152 g/mol. The van der Waals surface area contributed by atoms with E-state index in [1.807, 2.05) is 0 Å². The Morgan fingerprint density at radius 2 is 1.91 bits per heavy atom. The largest absolute Gasteiger partial charge is 0.0649 e. The van der Waals surface area contributed by atoms with Crippen LogP contribution in [0, 0.1) is 17.3 Å². The smallest absolute Gasteiger partial charge is 0.0297 e. The highest BCUT2D eigenvalue weighted by atomic mass is 14.5. The minimum Gasteiger partial charge on any atom is -0.0649 e. The van der Waals surface area contributed by atoms with Crippen molar-refractivity contribution in [3.05, 3.63) is 0 Å². The minimum absolute atomic E-state index is 0.800.